The maximum atomic E-state index is 12.5. The molecule has 2 nitrogen and oxygen atoms in total. The Morgan fingerprint density at radius 3 is 2.62 bits per heavy atom. The van der Waals surface area contributed by atoms with Crippen LogP contribution >= 0.6 is 11.3 Å². The van der Waals surface area contributed by atoms with Gasteiger partial charge in [-0.25, -0.2) is 0 Å². The molecule has 1 N–H and O–H groups in total. The van der Waals surface area contributed by atoms with Crippen molar-refractivity contribution >= 4 is 11.3 Å². The summed E-state index contributed by atoms with van der Waals surface area (Å²) in [5.74, 6) is 0. The van der Waals surface area contributed by atoms with E-state index in [1.165, 1.54) is 11.6 Å². The highest BCUT2D eigenvalue weighted by Gasteiger charge is 2.30. The van der Waals surface area contributed by atoms with Crippen molar-refractivity contribution in [2.45, 2.75) is 32.0 Å². The van der Waals surface area contributed by atoms with Gasteiger partial charge in [-0.2, -0.15) is 24.5 Å². The van der Waals surface area contributed by atoms with Gasteiger partial charge in [0.15, 0.2) is 0 Å². The molecule has 114 valence electrons. The molecule has 0 bridgehead atoms. The maximum Gasteiger partial charge on any atom is 0.417 e. The van der Waals surface area contributed by atoms with Crippen LogP contribution in [0.5, 0.6) is 0 Å². The van der Waals surface area contributed by atoms with E-state index in [1.807, 2.05) is 12.3 Å². The number of aryl methyl sites for hydroxylation is 1. The second-order valence-corrected chi connectivity index (χ2v) is 5.53. The standard InChI is InChI=1S/C15H17F3N2S/c1-2-19-13(5-3-11-7-8-21-10-11)14-6-4-12(9-20-14)15(16,17)18/h4,6-10,13,19H,2-3,5H2,1H3. The summed E-state index contributed by atoms with van der Waals surface area (Å²) < 4.78 is 37.6. The van der Waals surface area contributed by atoms with Crippen LogP contribution in [0.1, 0.15) is 36.2 Å². The number of nitrogens with one attached hydrogen (secondary N) is 1. The number of aromatic nitrogens is 1. The van der Waals surface area contributed by atoms with E-state index >= 15 is 0 Å². The molecule has 2 aromatic heterocycles. The van der Waals surface area contributed by atoms with Crippen LogP contribution in [0.2, 0.25) is 0 Å². The average Bonchev–Trinajstić information content (AvgIpc) is 2.96. The van der Waals surface area contributed by atoms with Gasteiger partial charge in [-0.15, -0.1) is 0 Å². The van der Waals surface area contributed by atoms with Gasteiger partial charge < -0.3 is 5.32 Å². The lowest BCUT2D eigenvalue weighted by atomic mass is 10.0. The highest BCUT2D eigenvalue weighted by Crippen LogP contribution is 2.29. The molecular formula is C15H17F3N2S. The molecular weight excluding hydrogens is 297 g/mol. The van der Waals surface area contributed by atoms with Crippen molar-refractivity contribution in [1.29, 1.82) is 0 Å². The summed E-state index contributed by atoms with van der Waals surface area (Å²) in [6.45, 7) is 2.72. The minimum Gasteiger partial charge on any atom is -0.309 e. The summed E-state index contributed by atoms with van der Waals surface area (Å²) in [6.07, 6.45) is -1.74. The summed E-state index contributed by atoms with van der Waals surface area (Å²) in [7, 11) is 0. The van der Waals surface area contributed by atoms with Crippen molar-refractivity contribution in [1.82, 2.24) is 10.3 Å². The second-order valence-electron chi connectivity index (χ2n) is 4.75. The number of alkyl halides is 3. The third-order valence-corrected chi connectivity index (χ3v) is 3.96. The first kappa shape index (κ1) is 16.0. The molecule has 21 heavy (non-hydrogen) atoms. The van der Waals surface area contributed by atoms with Crippen LogP contribution in [0.15, 0.2) is 35.2 Å². The van der Waals surface area contributed by atoms with E-state index in [2.05, 4.69) is 21.7 Å². The molecule has 0 radical (unpaired) electrons. The highest BCUT2D eigenvalue weighted by molar-refractivity contribution is 7.07. The highest BCUT2D eigenvalue weighted by atomic mass is 32.1. The molecule has 2 heterocycles. The van der Waals surface area contributed by atoms with Crippen LogP contribution in [0.3, 0.4) is 0 Å². The fourth-order valence-electron chi connectivity index (χ4n) is 2.13. The van der Waals surface area contributed by atoms with E-state index in [0.29, 0.717) is 5.69 Å². The Morgan fingerprint density at radius 1 is 1.29 bits per heavy atom. The third-order valence-electron chi connectivity index (χ3n) is 3.22. The van der Waals surface area contributed by atoms with Crippen LogP contribution in [-0.2, 0) is 12.6 Å². The first-order valence-electron chi connectivity index (χ1n) is 6.78. The number of halogens is 3. The molecule has 1 unspecified atom stereocenters. The van der Waals surface area contributed by atoms with E-state index in [4.69, 9.17) is 0 Å². The first-order chi connectivity index (χ1) is 10.0. The zero-order chi connectivity index (χ0) is 15.3. The topological polar surface area (TPSA) is 24.9 Å². The number of pyridine rings is 1. The van der Waals surface area contributed by atoms with Gasteiger partial charge in [0.25, 0.3) is 0 Å². The van der Waals surface area contributed by atoms with Gasteiger partial charge in [0.05, 0.1) is 11.3 Å². The zero-order valence-electron chi connectivity index (χ0n) is 11.7. The molecule has 6 heteroatoms. The molecule has 0 fully saturated rings. The monoisotopic (exact) mass is 314 g/mol. The molecule has 0 aliphatic rings. The number of hydrogen-bond donors (Lipinski definition) is 1. The summed E-state index contributed by atoms with van der Waals surface area (Å²) in [5, 5.41) is 7.39. The average molecular weight is 314 g/mol. The van der Waals surface area contributed by atoms with Crippen molar-refractivity contribution in [3.8, 4) is 0 Å². The molecule has 0 amide bonds. The van der Waals surface area contributed by atoms with Gasteiger partial charge in [-0.05, 0) is 53.9 Å². The van der Waals surface area contributed by atoms with Crippen LogP contribution in [0.25, 0.3) is 0 Å². The van der Waals surface area contributed by atoms with E-state index in [0.717, 1.165) is 31.6 Å². The molecule has 0 aliphatic carbocycles. The summed E-state index contributed by atoms with van der Waals surface area (Å²) >= 11 is 1.64. The van der Waals surface area contributed by atoms with Gasteiger partial charge in [0, 0.05) is 12.2 Å². The third kappa shape index (κ3) is 4.54. The lowest BCUT2D eigenvalue weighted by Gasteiger charge is -2.17. The van der Waals surface area contributed by atoms with Gasteiger partial charge in [-0.1, -0.05) is 6.92 Å². The van der Waals surface area contributed by atoms with Gasteiger partial charge in [-0.3, -0.25) is 4.98 Å². The Balaban J connectivity index is 2.06. The largest absolute Gasteiger partial charge is 0.417 e. The summed E-state index contributed by atoms with van der Waals surface area (Å²) in [6, 6.07) is 4.59. The van der Waals surface area contributed by atoms with Gasteiger partial charge in [0.2, 0.25) is 0 Å². The SMILES string of the molecule is CCNC(CCc1ccsc1)c1ccc(C(F)(F)F)cn1. The maximum absolute atomic E-state index is 12.5. The zero-order valence-corrected chi connectivity index (χ0v) is 12.5. The molecule has 2 aromatic rings. The quantitative estimate of drug-likeness (QED) is 0.852. The van der Waals surface area contributed by atoms with Crippen molar-refractivity contribution in [3.05, 3.63) is 52.0 Å². The van der Waals surface area contributed by atoms with Crippen LogP contribution < -0.4 is 5.32 Å². The Labute approximate surface area is 126 Å². The number of thiophene rings is 1. The normalized spacial score (nSPS) is 13.3. The van der Waals surface area contributed by atoms with Gasteiger partial charge in [0.1, 0.15) is 0 Å². The lowest BCUT2D eigenvalue weighted by Crippen LogP contribution is -2.22. The molecule has 1 atom stereocenters. The lowest BCUT2D eigenvalue weighted by molar-refractivity contribution is -0.137. The van der Waals surface area contributed by atoms with E-state index < -0.39 is 11.7 Å². The Kier molecular flexibility index (Phi) is 5.36. The van der Waals surface area contributed by atoms with E-state index in [1.54, 1.807) is 11.3 Å². The molecule has 0 aromatic carbocycles. The Morgan fingerprint density at radius 2 is 2.10 bits per heavy atom. The van der Waals surface area contributed by atoms with E-state index in [9.17, 15) is 13.2 Å². The minimum absolute atomic E-state index is 0.0304. The van der Waals surface area contributed by atoms with E-state index in [-0.39, 0.29) is 6.04 Å². The molecule has 0 saturated heterocycles. The Hall–Kier alpha value is -1.40. The second kappa shape index (κ2) is 7.04. The summed E-state index contributed by atoms with van der Waals surface area (Å²) in [4.78, 5) is 3.98. The Bertz CT molecular complexity index is 535. The van der Waals surface area contributed by atoms with Crippen molar-refractivity contribution in [2.24, 2.45) is 0 Å². The van der Waals surface area contributed by atoms with Crippen LogP contribution in [0, 0.1) is 0 Å². The van der Waals surface area contributed by atoms with Crippen LogP contribution in [-0.4, -0.2) is 11.5 Å². The molecule has 2 rings (SSSR count). The van der Waals surface area contributed by atoms with Crippen LogP contribution in [0.4, 0.5) is 13.2 Å². The fourth-order valence-corrected chi connectivity index (χ4v) is 2.83. The summed E-state index contributed by atoms with van der Waals surface area (Å²) in [5.41, 5.74) is 1.19. The van der Waals surface area contributed by atoms with Gasteiger partial charge >= 0.3 is 6.18 Å². The van der Waals surface area contributed by atoms with Crippen molar-refractivity contribution in [3.63, 3.8) is 0 Å². The fraction of sp³-hybridized carbons (Fsp3) is 0.400. The molecule has 0 spiro atoms. The predicted molar refractivity (Wildman–Crippen MR) is 78.3 cm³/mol. The molecule has 0 aliphatic heterocycles. The molecule has 0 saturated carbocycles. The number of nitrogens with zero attached hydrogens (tertiary/aromatic N) is 1. The smallest absolute Gasteiger partial charge is 0.309 e. The predicted octanol–water partition coefficient (Wildman–Crippen LogP) is 4.45. The number of rotatable bonds is 6. The van der Waals surface area contributed by atoms with Crippen molar-refractivity contribution in [2.75, 3.05) is 6.54 Å². The van der Waals surface area contributed by atoms with Crippen molar-refractivity contribution < 1.29 is 13.2 Å². The number of hydrogen-bond acceptors (Lipinski definition) is 3. The first-order valence-corrected chi connectivity index (χ1v) is 7.72. The minimum atomic E-state index is -4.34.